The second-order valence-electron chi connectivity index (χ2n) is 6.76. The first-order valence-electron chi connectivity index (χ1n) is 8.89. The van der Waals surface area contributed by atoms with E-state index >= 15 is 0 Å². The Hall–Kier alpha value is -1.79. The number of carbonyl (C=O) groups excluding carboxylic acids is 1. The molecule has 1 aliphatic heterocycles. The lowest BCUT2D eigenvalue weighted by molar-refractivity contribution is -0.127. The van der Waals surface area contributed by atoms with E-state index in [1.807, 2.05) is 25.1 Å². The molecular weight excluding hydrogens is 318 g/mol. The maximum Gasteiger partial charge on any atom is 0.237 e. The van der Waals surface area contributed by atoms with Gasteiger partial charge in [0.15, 0.2) is 11.5 Å². The van der Waals surface area contributed by atoms with Crippen molar-refractivity contribution < 1.29 is 14.3 Å². The van der Waals surface area contributed by atoms with Crippen molar-refractivity contribution in [1.29, 1.82) is 0 Å². The third kappa shape index (κ3) is 5.09. The van der Waals surface area contributed by atoms with Crippen LogP contribution in [0.5, 0.6) is 11.5 Å². The Kier molecular flexibility index (Phi) is 7.08. The summed E-state index contributed by atoms with van der Waals surface area (Å²) in [5, 5.41) is 3.06. The Bertz CT molecular complexity index is 579. The van der Waals surface area contributed by atoms with Gasteiger partial charge in [0, 0.05) is 32.2 Å². The van der Waals surface area contributed by atoms with Crippen LogP contribution in [0.4, 0.5) is 0 Å². The summed E-state index contributed by atoms with van der Waals surface area (Å²) >= 11 is 0. The lowest BCUT2D eigenvalue weighted by Gasteiger charge is -2.41. The fourth-order valence-corrected chi connectivity index (χ4v) is 3.39. The molecule has 0 aliphatic carbocycles. The van der Waals surface area contributed by atoms with Gasteiger partial charge in [0.25, 0.3) is 0 Å². The molecule has 1 heterocycles. The predicted molar refractivity (Wildman–Crippen MR) is 99.4 cm³/mol. The zero-order valence-corrected chi connectivity index (χ0v) is 16.0. The number of ether oxygens (including phenoxy) is 2. The number of methoxy groups -OCH3 is 2. The van der Waals surface area contributed by atoms with E-state index in [0.717, 1.165) is 31.6 Å². The van der Waals surface area contributed by atoms with Crippen molar-refractivity contribution in [1.82, 2.24) is 15.1 Å². The number of nitrogens with zero attached hydrogens (tertiary/aromatic N) is 2. The molecule has 1 fully saturated rings. The van der Waals surface area contributed by atoms with Gasteiger partial charge in [-0.05, 0) is 45.0 Å². The Morgan fingerprint density at radius 1 is 1.28 bits per heavy atom. The first-order chi connectivity index (χ1) is 12.0. The van der Waals surface area contributed by atoms with E-state index < -0.39 is 0 Å². The average Bonchev–Trinajstić information content (AvgIpc) is 2.60. The summed E-state index contributed by atoms with van der Waals surface area (Å²) < 4.78 is 10.6. The molecule has 6 nitrogen and oxygen atoms in total. The zero-order valence-electron chi connectivity index (χ0n) is 16.0. The maximum absolute atomic E-state index is 12.5. The smallest absolute Gasteiger partial charge is 0.237 e. The van der Waals surface area contributed by atoms with Gasteiger partial charge in [-0.15, -0.1) is 0 Å². The van der Waals surface area contributed by atoms with Crippen LogP contribution in [0.25, 0.3) is 0 Å². The molecule has 0 unspecified atom stereocenters. The van der Waals surface area contributed by atoms with Crippen molar-refractivity contribution >= 4 is 5.91 Å². The molecule has 0 radical (unpaired) electrons. The molecule has 1 N–H and O–H groups in total. The van der Waals surface area contributed by atoms with Crippen LogP contribution in [0, 0.1) is 0 Å². The summed E-state index contributed by atoms with van der Waals surface area (Å²) in [6.07, 6.45) is 0.761. The van der Waals surface area contributed by atoms with Crippen molar-refractivity contribution in [3.63, 3.8) is 0 Å². The minimum atomic E-state index is -0.103. The van der Waals surface area contributed by atoms with Crippen molar-refractivity contribution in [2.24, 2.45) is 0 Å². The number of carbonyl (C=O) groups is 1. The molecule has 2 rings (SSSR count). The zero-order chi connectivity index (χ0) is 18.4. The second kappa shape index (κ2) is 9.06. The van der Waals surface area contributed by atoms with E-state index in [9.17, 15) is 4.79 Å². The summed E-state index contributed by atoms with van der Waals surface area (Å²) in [5.41, 5.74) is 1.11. The number of piperazine rings is 1. The van der Waals surface area contributed by atoms with Gasteiger partial charge >= 0.3 is 0 Å². The van der Waals surface area contributed by atoms with Crippen molar-refractivity contribution in [2.45, 2.75) is 32.4 Å². The maximum atomic E-state index is 12.5. The van der Waals surface area contributed by atoms with E-state index in [1.165, 1.54) is 0 Å². The highest BCUT2D eigenvalue weighted by Crippen LogP contribution is 2.27. The molecule has 1 amide bonds. The van der Waals surface area contributed by atoms with E-state index in [2.05, 4.69) is 29.1 Å². The molecule has 1 aliphatic rings. The molecule has 2 atom stereocenters. The Balaban J connectivity index is 1.83. The number of amides is 1. The summed E-state index contributed by atoms with van der Waals surface area (Å²) in [5.74, 6) is 1.52. The fraction of sp³-hybridized carbons (Fsp3) is 0.632. The van der Waals surface area contributed by atoms with Crippen molar-refractivity contribution in [3.05, 3.63) is 23.8 Å². The van der Waals surface area contributed by atoms with Gasteiger partial charge in [0.1, 0.15) is 0 Å². The average molecular weight is 349 g/mol. The van der Waals surface area contributed by atoms with E-state index in [1.54, 1.807) is 14.2 Å². The SMILES string of the molecule is COc1ccc(CCNC(=O)[C@@H](C)N2CCN(C)C[C@H]2C)cc1OC. The molecule has 25 heavy (non-hydrogen) atoms. The third-order valence-corrected chi connectivity index (χ3v) is 4.92. The van der Waals surface area contributed by atoms with Crippen LogP contribution in [-0.2, 0) is 11.2 Å². The molecule has 1 aromatic carbocycles. The molecule has 140 valence electrons. The van der Waals surface area contributed by atoms with Crippen LogP contribution in [0.1, 0.15) is 19.4 Å². The topological polar surface area (TPSA) is 54.0 Å². The molecule has 0 aromatic heterocycles. The van der Waals surface area contributed by atoms with Gasteiger partial charge in [-0.1, -0.05) is 6.07 Å². The van der Waals surface area contributed by atoms with E-state index in [4.69, 9.17) is 9.47 Å². The van der Waals surface area contributed by atoms with Crippen LogP contribution >= 0.6 is 0 Å². The first kappa shape index (κ1) is 19.5. The quantitative estimate of drug-likeness (QED) is 0.806. The summed E-state index contributed by atoms with van der Waals surface area (Å²) in [7, 11) is 5.38. The van der Waals surface area contributed by atoms with E-state index in [-0.39, 0.29) is 11.9 Å². The minimum Gasteiger partial charge on any atom is -0.493 e. The first-order valence-corrected chi connectivity index (χ1v) is 8.89. The molecule has 6 heteroatoms. The number of likely N-dealkylation sites (N-methyl/N-ethyl adjacent to an activating group) is 1. The number of benzene rings is 1. The highest BCUT2D eigenvalue weighted by atomic mass is 16.5. The highest BCUT2D eigenvalue weighted by molar-refractivity contribution is 5.81. The summed E-state index contributed by atoms with van der Waals surface area (Å²) in [4.78, 5) is 17.1. The Morgan fingerprint density at radius 3 is 2.64 bits per heavy atom. The monoisotopic (exact) mass is 349 g/mol. The third-order valence-electron chi connectivity index (χ3n) is 4.92. The molecule has 0 bridgehead atoms. The van der Waals surface area contributed by atoms with Crippen LogP contribution in [0.3, 0.4) is 0 Å². The fourth-order valence-electron chi connectivity index (χ4n) is 3.39. The van der Waals surface area contributed by atoms with Crippen LogP contribution in [0.15, 0.2) is 18.2 Å². The summed E-state index contributed by atoms with van der Waals surface area (Å²) in [6, 6.07) is 6.14. The van der Waals surface area contributed by atoms with Crippen molar-refractivity contribution in [3.8, 4) is 11.5 Å². The number of nitrogens with one attached hydrogen (secondary N) is 1. The van der Waals surface area contributed by atoms with E-state index in [0.29, 0.717) is 24.1 Å². The lowest BCUT2D eigenvalue weighted by Crippen LogP contribution is -2.57. The van der Waals surface area contributed by atoms with Crippen LogP contribution in [-0.4, -0.2) is 75.2 Å². The molecule has 0 saturated carbocycles. The number of hydrogen-bond acceptors (Lipinski definition) is 5. The standard InChI is InChI=1S/C19H31N3O3/c1-14-13-21(3)10-11-22(14)15(2)19(23)20-9-8-16-6-7-17(24-4)18(12-16)25-5/h6-7,12,14-15H,8-11,13H2,1-5H3,(H,20,23)/t14-,15-/m1/s1. The number of hydrogen-bond donors (Lipinski definition) is 1. The predicted octanol–water partition coefficient (Wildman–Crippen LogP) is 1.39. The highest BCUT2D eigenvalue weighted by Gasteiger charge is 2.29. The van der Waals surface area contributed by atoms with Gasteiger partial charge in [-0.3, -0.25) is 9.69 Å². The summed E-state index contributed by atoms with van der Waals surface area (Å²) in [6.45, 7) is 7.73. The Labute approximate surface area is 151 Å². The normalized spacial score (nSPS) is 20.1. The molecule has 1 saturated heterocycles. The van der Waals surface area contributed by atoms with Gasteiger partial charge < -0.3 is 19.7 Å². The van der Waals surface area contributed by atoms with Crippen LogP contribution in [0.2, 0.25) is 0 Å². The van der Waals surface area contributed by atoms with Gasteiger partial charge in [-0.2, -0.15) is 0 Å². The largest absolute Gasteiger partial charge is 0.493 e. The minimum absolute atomic E-state index is 0.0943. The van der Waals surface area contributed by atoms with Gasteiger partial charge in [-0.25, -0.2) is 0 Å². The lowest BCUT2D eigenvalue weighted by atomic mass is 10.1. The molecule has 0 spiro atoms. The van der Waals surface area contributed by atoms with Crippen molar-refractivity contribution in [2.75, 3.05) is 47.4 Å². The van der Waals surface area contributed by atoms with Crippen LogP contribution < -0.4 is 14.8 Å². The number of rotatable bonds is 7. The van der Waals surface area contributed by atoms with Gasteiger partial charge in [0.2, 0.25) is 5.91 Å². The Morgan fingerprint density at radius 2 is 2.00 bits per heavy atom. The molecular formula is C19H31N3O3. The van der Waals surface area contributed by atoms with Gasteiger partial charge in [0.05, 0.1) is 20.3 Å². The molecule has 1 aromatic rings. The second-order valence-corrected chi connectivity index (χ2v) is 6.76.